The van der Waals surface area contributed by atoms with Crippen molar-refractivity contribution in [3.63, 3.8) is 0 Å². The Labute approximate surface area is 257 Å². The number of nitrogens with two attached hydrogens (primary N) is 1. The molecule has 0 fully saturated rings. The highest BCUT2D eigenvalue weighted by Gasteiger charge is 2.29. The monoisotopic (exact) mass is 603 g/mol. The first-order chi connectivity index (χ1) is 18.7. The van der Waals surface area contributed by atoms with Crippen LogP contribution >= 0.6 is 27.0 Å². The summed E-state index contributed by atoms with van der Waals surface area (Å²) in [5.41, 5.74) is 10.1. The van der Waals surface area contributed by atoms with Gasteiger partial charge in [-0.1, -0.05) is 69.3 Å². The van der Waals surface area contributed by atoms with E-state index < -0.39 is 24.0 Å². The average molecular weight is 604 g/mol. The maximum atomic E-state index is 13.0. The van der Waals surface area contributed by atoms with E-state index in [-0.39, 0.29) is 70.1 Å². The van der Waals surface area contributed by atoms with E-state index in [9.17, 15) is 19.2 Å². The molecule has 3 amide bonds. The molecule has 2 aromatic rings. The van der Waals surface area contributed by atoms with Crippen molar-refractivity contribution in [3.8, 4) is 11.1 Å². The lowest BCUT2D eigenvalue weighted by molar-refractivity contribution is -0.131. The molecule has 2 atom stereocenters. The summed E-state index contributed by atoms with van der Waals surface area (Å²) < 4.78 is 5.57. The Morgan fingerprint density at radius 1 is 0.951 bits per heavy atom. The van der Waals surface area contributed by atoms with Crippen LogP contribution in [-0.4, -0.2) is 42.9 Å². The van der Waals surface area contributed by atoms with E-state index >= 15 is 0 Å². The predicted molar refractivity (Wildman–Crippen MR) is 172 cm³/mol. The topological polar surface area (TPSA) is 128 Å². The highest BCUT2D eigenvalue weighted by molar-refractivity contribution is 7.59. The van der Waals surface area contributed by atoms with Crippen molar-refractivity contribution < 1.29 is 23.9 Å². The van der Waals surface area contributed by atoms with Crippen LogP contribution in [0.5, 0.6) is 0 Å². The summed E-state index contributed by atoms with van der Waals surface area (Å²) in [7, 11) is 0. The van der Waals surface area contributed by atoms with Crippen LogP contribution in [0.25, 0.3) is 11.1 Å². The molecule has 1 aliphatic carbocycles. The van der Waals surface area contributed by atoms with E-state index in [1.165, 1.54) is 0 Å². The van der Waals surface area contributed by atoms with Gasteiger partial charge in [0.05, 0.1) is 6.04 Å². The molecule has 4 N–H and O–H groups in total. The van der Waals surface area contributed by atoms with Gasteiger partial charge in [0.25, 0.3) is 0 Å². The van der Waals surface area contributed by atoms with Gasteiger partial charge in [-0.2, -0.15) is 27.0 Å². The maximum Gasteiger partial charge on any atom is 0.407 e. The number of carbonyl (C=O) groups excluding carboxylic acids is 4. The van der Waals surface area contributed by atoms with Gasteiger partial charge in [-0.15, -0.1) is 0 Å². The Morgan fingerprint density at radius 2 is 1.54 bits per heavy atom. The number of ether oxygens (including phenoxy) is 1. The zero-order chi connectivity index (χ0) is 28.4. The number of amides is 3. The molecular formula is C31H45N3O5S2. The molecule has 0 saturated carbocycles. The molecule has 2 aromatic carbocycles. The summed E-state index contributed by atoms with van der Waals surface area (Å²) in [5, 5.41) is 5.55. The first-order valence-electron chi connectivity index (χ1n) is 13.9. The molecule has 41 heavy (non-hydrogen) atoms. The Morgan fingerprint density at radius 3 is 2.07 bits per heavy atom. The lowest BCUT2D eigenvalue weighted by atomic mass is 9.89. The largest absolute Gasteiger partial charge is 0.449 e. The number of ketones is 1. The molecular weight excluding hydrogens is 558 g/mol. The van der Waals surface area contributed by atoms with Gasteiger partial charge in [-0.05, 0) is 53.9 Å². The maximum absolute atomic E-state index is 13.0. The van der Waals surface area contributed by atoms with Crippen molar-refractivity contribution >= 4 is 50.7 Å². The number of primary amides is 1. The third kappa shape index (κ3) is 10.4. The second-order valence-electron chi connectivity index (χ2n) is 10.7. The molecule has 226 valence electrons. The molecule has 0 bridgehead atoms. The number of fused-ring (bicyclic) bond motifs is 3. The first-order valence-corrected chi connectivity index (χ1v) is 13.9. The Bertz CT molecular complexity index is 1130. The second kappa shape index (κ2) is 17.7. The van der Waals surface area contributed by atoms with E-state index in [0.29, 0.717) is 32.1 Å². The van der Waals surface area contributed by atoms with Crippen LogP contribution in [-0.2, 0) is 19.1 Å². The second-order valence-corrected chi connectivity index (χ2v) is 10.7. The van der Waals surface area contributed by atoms with Crippen molar-refractivity contribution in [1.29, 1.82) is 0 Å². The van der Waals surface area contributed by atoms with E-state index in [1.54, 1.807) is 0 Å². The molecule has 1 aliphatic rings. The van der Waals surface area contributed by atoms with E-state index in [0.717, 1.165) is 22.3 Å². The van der Waals surface area contributed by atoms with Gasteiger partial charge in [-0.25, -0.2) is 4.79 Å². The number of Topliss-reactive ketones (excluding diaryl/α,β-unsaturated/α-hetero) is 1. The van der Waals surface area contributed by atoms with Crippen molar-refractivity contribution in [2.75, 3.05) is 13.2 Å². The number of nitrogens with one attached hydrogen (secondary N) is 2. The molecule has 8 nitrogen and oxygen atoms in total. The highest BCUT2D eigenvalue weighted by atomic mass is 32.1. The molecule has 0 radical (unpaired) electrons. The molecule has 0 heterocycles. The summed E-state index contributed by atoms with van der Waals surface area (Å²) in [6, 6.07) is 15.6. The van der Waals surface area contributed by atoms with Crippen LogP contribution in [0, 0.1) is 11.8 Å². The number of hydrogen-bond donors (Lipinski definition) is 3. The summed E-state index contributed by atoms with van der Waals surface area (Å²) >= 11 is 0. The van der Waals surface area contributed by atoms with Gasteiger partial charge in [0.1, 0.15) is 6.61 Å². The summed E-state index contributed by atoms with van der Waals surface area (Å²) in [5.74, 6) is -1.31. The SMILES string of the molecule is CCCC(=O)N[C@@H](CCCNC(=O)OCC1c2ccccc2-c2ccccc21)C(=O)C[C@@H](CC(C)C)C(N)=O.S.S. The number of benzene rings is 2. The Hall–Kier alpha value is -2.98. The zero-order valence-corrected chi connectivity index (χ0v) is 26.2. The van der Waals surface area contributed by atoms with Crippen molar-refractivity contribution in [2.45, 2.75) is 71.3 Å². The number of rotatable bonds is 15. The van der Waals surface area contributed by atoms with Crippen molar-refractivity contribution in [3.05, 3.63) is 59.7 Å². The molecule has 0 aliphatic heterocycles. The van der Waals surface area contributed by atoms with E-state index in [4.69, 9.17) is 10.5 Å². The van der Waals surface area contributed by atoms with Gasteiger partial charge in [0, 0.05) is 31.2 Å². The van der Waals surface area contributed by atoms with Gasteiger partial charge < -0.3 is 21.1 Å². The molecule has 10 heteroatoms. The van der Waals surface area contributed by atoms with Gasteiger partial charge in [0.2, 0.25) is 11.8 Å². The molecule has 0 spiro atoms. The molecule has 0 unspecified atom stereocenters. The molecule has 0 aromatic heterocycles. The Kier molecular flexibility index (Phi) is 15.6. The first kappa shape index (κ1) is 36.0. The normalized spacial score (nSPS) is 13.1. The van der Waals surface area contributed by atoms with Crippen LogP contribution in [0.4, 0.5) is 4.79 Å². The zero-order valence-electron chi connectivity index (χ0n) is 24.2. The predicted octanol–water partition coefficient (Wildman–Crippen LogP) is 4.92. The van der Waals surface area contributed by atoms with Crippen LogP contribution < -0.4 is 16.4 Å². The van der Waals surface area contributed by atoms with Gasteiger partial charge >= 0.3 is 6.09 Å². The molecule has 3 rings (SSSR count). The standard InChI is InChI=1S/C31H41N3O5.2H2S/c1-4-10-29(36)34-27(28(35)18-21(30(32)37)17-20(2)3)15-9-16-33-31(38)39-19-26-24-13-7-5-11-22(24)23-12-6-8-14-25(23)26;;/h5-8,11-14,20-21,26-27H,4,9-10,15-19H2,1-3H3,(H2,32,37)(H,33,38)(H,34,36);2*1H2/t21-,27+;;/m1../s1. The number of alkyl carbamates (subject to hydrolysis) is 1. The smallest absolute Gasteiger partial charge is 0.407 e. The summed E-state index contributed by atoms with van der Waals surface area (Å²) in [4.78, 5) is 49.6. The fourth-order valence-corrected chi connectivity index (χ4v) is 5.21. The third-order valence-corrected chi connectivity index (χ3v) is 7.09. The minimum absolute atomic E-state index is 0. The van der Waals surface area contributed by atoms with Gasteiger partial charge in [-0.3, -0.25) is 14.4 Å². The lowest BCUT2D eigenvalue weighted by Crippen LogP contribution is -2.43. The lowest BCUT2D eigenvalue weighted by Gasteiger charge is -2.21. The Balaban J connectivity index is 0.00000420. The fraction of sp³-hybridized carbons (Fsp3) is 0.484. The van der Waals surface area contributed by atoms with E-state index in [1.807, 2.05) is 45.0 Å². The van der Waals surface area contributed by atoms with Crippen LogP contribution in [0.2, 0.25) is 0 Å². The fourth-order valence-electron chi connectivity index (χ4n) is 5.21. The summed E-state index contributed by atoms with van der Waals surface area (Å²) in [6.45, 7) is 6.33. The van der Waals surface area contributed by atoms with Crippen LogP contribution in [0.3, 0.4) is 0 Å². The third-order valence-electron chi connectivity index (χ3n) is 7.09. The minimum atomic E-state index is -0.734. The number of hydrogen-bond acceptors (Lipinski definition) is 5. The minimum Gasteiger partial charge on any atom is -0.449 e. The van der Waals surface area contributed by atoms with E-state index in [2.05, 4.69) is 34.9 Å². The summed E-state index contributed by atoms with van der Waals surface area (Å²) in [6.07, 6.45) is 1.74. The van der Waals surface area contributed by atoms with Crippen molar-refractivity contribution in [2.24, 2.45) is 17.6 Å². The molecule has 0 saturated heterocycles. The average Bonchev–Trinajstić information content (AvgIpc) is 3.22. The van der Waals surface area contributed by atoms with Gasteiger partial charge in [0.15, 0.2) is 5.78 Å². The quantitative estimate of drug-likeness (QED) is 0.249. The van der Waals surface area contributed by atoms with Crippen molar-refractivity contribution in [1.82, 2.24) is 10.6 Å². The highest BCUT2D eigenvalue weighted by Crippen LogP contribution is 2.44. The van der Waals surface area contributed by atoms with Crippen LogP contribution in [0.15, 0.2) is 48.5 Å². The number of carbonyl (C=O) groups is 4. The van der Waals surface area contributed by atoms with Crippen LogP contribution in [0.1, 0.15) is 76.3 Å².